The van der Waals surface area contributed by atoms with Gasteiger partial charge < -0.3 is 0 Å². The lowest BCUT2D eigenvalue weighted by Crippen LogP contribution is -1.89. The van der Waals surface area contributed by atoms with Crippen LogP contribution in [0.15, 0.2) is 52.3 Å². The second kappa shape index (κ2) is 5.83. The molecule has 0 N–H and O–H groups in total. The van der Waals surface area contributed by atoms with Gasteiger partial charge in [-0.05, 0) is 48.4 Å². The largest absolute Gasteiger partial charge is 0.298 e. The average molecular weight is 260 g/mol. The van der Waals surface area contributed by atoms with Gasteiger partial charge in [-0.15, -0.1) is 0 Å². The van der Waals surface area contributed by atoms with Crippen LogP contribution in [0.1, 0.15) is 22.8 Å². The minimum absolute atomic E-state index is 0.253. The smallest absolute Gasteiger partial charge is 0.151 e. The maximum atomic E-state index is 12.8. The molecule has 0 fully saturated rings. The summed E-state index contributed by atoms with van der Waals surface area (Å²) in [5.41, 5.74) is 1.82. The van der Waals surface area contributed by atoms with E-state index in [-0.39, 0.29) is 5.82 Å². The van der Waals surface area contributed by atoms with E-state index in [2.05, 4.69) is 6.92 Å². The fourth-order valence-corrected chi connectivity index (χ4v) is 2.52. The summed E-state index contributed by atoms with van der Waals surface area (Å²) in [4.78, 5) is 12.9. The Kier molecular flexibility index (Phi) is 4.15. The Labute approximate surface area is 110 Å². The predicted octanol–water partition coefficient (Wildman–Crippen LogP) is 4.35. The second-order valence-corrected chi connectivity index (χ2v) is 5.01. The van der Waals surface area contributed by atoms with E-state index in [1.165, 1.54) is 23.9 Å². The first-order valence-electron chi connectivity index (χ1n) is 5.74. The van der Waals surface area contributed by atoms with Crippen LogP contribution < -0.4 is 0 Å². The van der Waals surface area contributed by atoms with Crippen molar-refractivity contribution in [3.05, 3.63) is 59.4 Å². The standard InChI is InChI=1S/C15H13FOS/c1-2-11-3-8-15(12(9-11)10-17)18-14-6-4-13(16)5-7-14/h3-10H,2H2,1H3. The van der Waals surface area contributed by atoms with Crippen LogP contribution in [0.25, 0.3) is 0 Å². The normalized spacial score (nSPS) is 10.3. The molecule has 2 aromatic rings. The molecule has 0 radical (unpaired) electrons. The number of aryl methyl sites for hydroxylation is 1. The topological polar surface area (TPSA) is 17.1 Å². The van der Waals surface area contributed by atoms with Gasteiger partial charge in [0.05, 0.1) is 0 Å². The summed E-state index contributed by atoms with van der Waals surface area (Å²) in [7, 11) is 0. The van der Waals surface area contributed by atoms with Gasteiger partial charge >= 0.3 is 0 Å². The van der Waals surface area contributed by atoms with Crippen molar-refractivity contribution < 1.29 is 9.18 Å². The molecule has 0 aliphatic rings. The van der Waals surface area contributed by atoms with E-state index in [1.807, 2.05) is 18.2 Å². The predicted molar refractivity (Wildman–Crippen MR) is 71.7 cm³/mol. The van der Waals surface area contributed by atoms with Gasteiger partial charge in [0.2, 0.25) is 0 Å². The molecule has 18 heavy (non-hydrogen) atoms. The van der Waals surface area contributed by atoms with Crippen molar-refractivity contribution in [2.24, 2.45) is 0 Å². The summed E-state index contributed by atoms with van der Waals surface area (Å²) >= 11 is 1.47. The zero-order valence-electron chi connectivity index (χ0n) is 10.0. The van der Waals surface area contributed by atoms with Crippen LogP contribution in [-0.4, -0.2) is 6.29 Å². The first-order valence-corrected chi connectivity index (χ1v) is 6.56. The summed E-state index contributed by atoms with van der Waals surface area (Å²) < 4.78 is 12.8. The van der Waals surface area contributed by atoms with Crippen LogP contribution in [0.3, 0.4) is 0 Å². The summed E-state index contributed by atoms with van der Waals surface area (Å²) in [5, 5.41) is 0. The molecule has 0 atom stereocenters. The van der Waals surface area contributed by atoms with Gasteiger partial charge in [0.25, 0.3) is 0 Å². The quantitative estimate of drug-likeness (QED) is 0.760. The highest BCUT2D eigenvalue weighted by molar-refractivity contribution is 7.99. The first kappa shape index (κ1) is 12.8. The van der Waals surface area contributed by atoms with Crippen LogP contribution in [-0.2, 0) is 6.42 Å². The van der Waals surface area contributed by atoms with Gasteiger partial charge in [0.1, 0.15) is 5.82 Å². The molecule has 0 saturated carbocycles. The number of aldehydes is 1. The monoisotopic (exact) mass is 260 g/mol. The lowest BCUT2D eigenvalue weighted by molar-refractivity contribution is 0.112. The van der Waals surface area contributed by atoms with Crippen LogP contribution in [0.2, 0.25) is 0 Å². The Hall–Kier alpha value is -1.61. The summed E-state index contributed by atoms with van der Waals surface area (Å²) in [6.07, 6.45) is 1.77. The number of halogens is 1. The number of rotatable bonds is 4. The number of benzene rings is 2. The summed E-state index contributed by atoms with van der Waals surface area (Å²) in [5.74, 6) is -0.253. The van der Waals surface area contributed by atoms with Crippen LogP contribution >= 0.6 is 11.8 Å². The van der Waals surface area contributed by atoms with Gasteiger partial charge in [-0.25, -0.2) is 4.39 Å². The first-order chi connectivity index (χ1) is 8.72. The minimum atomic E-state index is -0.253. The maximum absolute atomic E-state index is 12.8. The molecule has 0 aliphatic carbocycles. The Morgan fingerprint density at radius 3 is 2.50 bits per heavy atom. The van der Waals surface area contributed by atoms with Crippen molar-refractivity contribution in [3.63, 3.8) is 0 Å². The van der Waals surface area contributed by atoms with Crippen molar-refractivity contribution in [2.45, 2.75) is 23.1 Å². The molecule has 0 saturated heterocycles. The molecular formula is C15H13FOS. The van der Waals surface area contributed by atoms with Crippen molar-refractivity contribution in [3.8, 4) is 0 Å². The Bertz CT molecular complexity index is 549. The molecular weight excluding hydrogens is 247 g/mol. The lowest BCUT2D eigenvalue weighted by Gasteiger charge is -2.06. The number of hydrogen-bond acceptors (Lipinski definition) is 2. The fraction of sp³-hybridized carbons (Fsp3) is 0.133. The van der Waals surface area contributed by atoms with Gasteiger partial charge in [0.15, 0.2) is 6.29 Å². The van der Waals surface area contributed by atoms with Crippen molar-refractivity contribution >= 4 is 18.0 Å². The van der Waals surface area contributed by atoms with Gasteiger partial charge in [-0.2, -0.15) is 0 Å². The molecule has 0 bridgehead atoms. The molecule has 0 amide bonds. The summed E-state index contributed by atoms with van der Waals surface area (Å²) in [6.45, 7) is 2.05. The second-order valence-electron chi connectivity index (χ2n) is 3.90. The zero-order chi connectivity index (χ0) is 13.0. The van der Waals surface area contributed by atoms with Crippen LogP contribution in [0.4, 0.5) is 4.39 Å². The van der Waals surface area contributed by atoms with Crippen molar-refractivity contribution in [1.82, 2.24) is 0 Å². The highest BCUT2D eigenvalue weighted by Gasteiger charge is 2.05. The molecule has 0 aliphatic heterocycles. The number of hydrogen-bond donors (Lipinski definition) is 0. The molecule has 0 spiro atoms. The molecule has 2 rings (SSSR count). The third kappa shape index (κ3) is 2.99. The Morgan fingerprint density at radius 1 is 1.17 bits per heavy atom. The molecule has 1 nitrogen and oxygen atoms in total. The Balaban J connectivity index is 2.28. The van der Waals surface area contributed by atoms with E-state index in [0.29, 0.717) is 5.56 Å². The van der Waals surface area contributed by atoms with Crippen LogP contribution in [0.5, 0.6) is 0 Å². The fourth-order valence-electron chi connectivity index (χ4n) is 1.63. The van der Waals surface area contributed by atoms with E-state index in [4.69, 9.17) is 0 Å². The highest BCUT2D eigenvalue weighted by atomic mass is 32.2. The SMILES string of the molecule is CCc1ccc(Sc2ccc(F)cc2)c(C=O)c1. The molecule has 0 aromatic heterocycles. The van der Waals surface area contributed by atoms with Crippen molar-refractivity contribution in [1.29, 1.82) is 0 Å². The minimum Gasteiger partial charge on any atom is -0.298 e. The van der Waals surface area contributed by atoms with Gasteiger partial charge in [-0.3, -0.25) is 4.79 Å². The van der Waals surface area contributed by atoms with E-state index >= 15 is 0 Å². The Morgan fingerprint density at radius 2 is 1.89 bits per heavy atom. The molecule has 0 unspecified atom stereocenters. The molecule has 0 heterocycles. The molecule has 2 aromatic carbocycles. The van der Waals surface area contributed by atoms with E-state index in [9.17, 15) is 9.18 Å². The van der Waals surface area contributed by atoms with E-state index < -0.39 is 0 Å². The van der Waals surface area contributed by atoms with Crippen molar-refractivity contribution in [2.75, 3.05) is 0 Å². The third-order valence-electron chi connectivity index (χ3n) is 2.65. The number of carbonyl (C=O) groups is 1. The van der Waals surface area contributed by atoms with Crippen LogP contribution in [0, 0.1) is 5.82 Å². The van der Waals surface area contributed by atoms with Gasteiger partial charge in [-0.1, -0.05) is 24.8 Å². The third-order valence-corrected chi connectivity index (χ3v) is 3.75. The average Bonchev–Trinajstić information content (AvgIpc) is 2.41. The van der Waals surface area contributed by atoms with E-state index in [1.54, 1.807) is 12.1 Å². The zero-order valence-corrected chi connectivity index (χ0v) is 10.8. The lowest BCUT2D eigenvalue weighted by atomic mass is 10.1. The maximum Gasteiger partial charge on any atom is 0.151 e. The summed E-state index contributed by atoms with van der Waals surface area (Å²) in [6, 6.07) is 12.1. The van der Waals surface area contributed by atoms with Gasteiger partial charge in [0, 0.05) is 15.4 Å². The van der Waals surface area contributed by atoms with E-state index in [0.717, 1.165) is 28.1 Å². The number of carbonyl (C=O) groups excluding carboxylic acids is 1. The molecule has 3 heteroatoms. The molecule has 92 valence electrons. The highest BCUT2D eigenvalue weighted by Crippen LogP contribution is 2.30.